The van der Waals surface area contributed by atoms with Crippen molar-refractivity contribution < 1.29 is 31.5 Å². The number of thiazole rings is 1. The molecule has 0 radical (unpaired) electrons. The van der Waals surface area contributed by atoms with Crippen molar-refractivity contribution in [2.45, 2.75) is 17.9 Å². The van der Waals surface area contributed by atoms with Crippen molar-refractivity contribution >= 4 is 50.6 Å². The van der Waals surface area contributed by atoms with Gasteiger partial charge >= 0.3 is 6.09 Å². The van der Waals surface area contributed by atoms with Gasteiger partial charge in [-0.15, -0.1) is 15.6 Å². The highest BCUT2D eigenvalue weighted by atomic mass is 35.5. The Kier molecular flexibility index (Phi) is 6.43. The maximum absolute atomic E-state index is 14.7. The number of rotatable bonds is 6. The van der Waals surface area contributed by atoms with Crippen LogP contribution in [0.25, 0.3) is 0 Å². The van der Waals surface area contributed by atoms with Crippen LogP contribution in [0.15, 0.2) is 46.1 Å². The van der Waals surface area contributed by atoms with E-state index in [9.17, 15) is 31.5 Å². The Bertz CT molecular complexity index is 1220. The minimum absolute atomic E-state index is 0.116. The quantitative estimate of drug-likeness (QED) is 0.488. The lowest BCUT2D eigenvalue weighted by Crippen LogP contribution is -2.37. The van der Waals surface area contributed by atoms with Gasteiger partial charge in [-0.05, 0) is 37.3 Å². The molecule has 1 amide bonds. The number of nitrogens with one attached hydrogen (secondary N) is 1. The zero-order chi connectivity index (χ0) is 22.9. The summed E-state index contributed by atoms with van der Waals surface area (Å²) in [7, 11) is -5.17. The number of aromatic nitrogens is 1. The molecule has 0 fully saturated rings. The fraction of sp³-hybridized carbons (Fsp3) is 0.111. The molecule has 3 rings (SSSR count). The predicted octanol–water partition coefficient (Wildman–Crippen LogP) is 5.26. The van der Waals surface area contributed by atoms with Crippen LogP contribution < -0.4 is 9.62 Å². The van der Waals surface area contributed by atoms with E-state index in [0.717, 1.165) is 28.3 Å². The molecular weight excluding hydrogens is 479 g/mol. The molecule has 0 bridgehead atoms. The van der Waals surface area contributed by atoms with Crippen molar-refractivity contribution in [2.24, 2.45) is 0 Å². The van der Waals surface area contributed by atoms with E-state index in [0.29, 0.717) is 12.1 Å². The van der Waals surface area contributed by atoms with Crippen LogP contribution >= 0.6 is 22.9 Å². The minimum Gasteiger partial charge on any atom is -0.464 e. The lowest BCUT2D eigenvalue weighted by atomic mass is 10.1. The molecule has 164 valence electrons. The number of hydrogen-bond donors (Lipinski definition) is 2. The van der Waals surface area contributed by atoms with Crippen LogP contribution in [0.1, 0.15) is 18.5 Å². The number of carboxylic acid groups (broad SMARTS) is 1. The van der Waals surface area contributed by atoms with Crippen LogP contribution in [0.5, 0.6) is 0 Å². The van der Waals surface area contributed by atoms with Crippen molar-refractivity contribution in [3.8, 4) is 0 Å². The summed E-state index contributed by atoms with van der Waals surface area (Å²) in [5, 5.41) is 13.3. The molecule has 0 unspecified atom stereocenters. The van der Waals surface area contributed by atoms with E-state index in [2.05, 4.69) is 10.3 Å². The molecule has 0 aliphatic carbocycles. The second kappa shape index (κ2) is 8.73. The standard InChI is InChI=1S/C18H13ClF3N3O4S2/c1-9(12-4-10(19)2-3-13(12)20)24-11-5-14(21)17(15(22)6-11)31(28,29)25(18(26)27)16-7-30-8-23-16/h2-9,24H,1H3,(H,26,27)/t9-/m0/s1. The first-order valence-corrected chi connectivity index (χ1v) is 11.2. The van der Waals surface area contributed by atoms with E-state index in [1.165, 1.54) is 19.1 Å². The van der Waals surface area contributed by atoms with Gasteiger partial charge in [0.2, 0.25) is 0 Å². The first kappa shape index (κ1) is 22.8. The summed E-state index contributed by atoms with van der Waals surface area (Å²) in [5.74, 6) is -4.21. The Balaban J connectivity index is 1.98. The van der Waals surface area contributed by atoms with Crippen molar-refractivity contribution in [3.63, 3.8) is 0 Å². The summed E-state index contributed by atoms with van der Waals surface area (Å²) < 4.78 is 68.5. The highest BCUT2D eigenvalue weighted by Crippen LogP contribution is 2.31. The summed E-state index contributed by atoms with van der Waals surface area (Å²) in [6.45, 7) is 1.50. The van der Waals surface area contributed by atoms with Crippen LogP contribution in [0.4, 0.5) is 29.5 Å². The number of sulfonamides is 1. The Hall–Kier alpha value is -2.83. The molecular formula is C18H13ClF3N3O4S2. The number of hydrogen-bond acceptors (Lipinski definition) is 6. The number of halogens is 4. The normalized spacial score (nSPS) is 12.4. The summed E-state index contributed by atoms with van der Waals surface area (Å²) in [6.07, 6.45) is -1.99. The maximum atomic E-state index is 14.7. The molecule has 0 aliphatic heterocycles. The monoisotopic (exact) mass is 491 g/mol. The second-order valence-electron chi connectivity index (χ2n) is 6.20. The first-order valence-electron chi connectivity index (χ1n) is 8.39. The third kappa shape index (κ3) is 4.60. The van der Waals surface area contributed by atoms with E-state index < -0.39 is 50.3 Å². The molecule has 0 saturated heterocycles. The second-order valence-corrected chi connectivity index (χ2v) is 9.08. The molecule has 2 N–H and O–H groups in total. The van der Waals surface area contributed by atoms with Gasteiger partial charge in [0.05, 0.1) is 11.6 Å². The van der Waals surface area contributed by atoms with Gasteiger partial charge in [0, 0.05) is 21.7 Å². The number of benzene rings is 2. The van der Waals surface area contributed by atoms with E-state index in [1.54, 1.807) is 0 Å². The van der Waals surface area contributed by atoms with Gasteiger partial charge in [-0.3, -0.25) is 0 Å². The van der Waals surface area contributed by atoms with Gasteiger partial charge in [-0.25, -0.2) is 31.4 Å². The number of amides is 1. The average Bonchev–Trinajstić information content (AvgIpc) is 3.16. The number of anilines is 2. The Labute approximate surface area is 183 Å². The van der Waals surface area contributed by atoms with Crippen LogP contribution in [0, 0.1) is 17.5 Å². The summed E-state index contributed by atoms with van der Waals surface area (Å²) >= 11 is 6.74. The van der Waals surface area contributed by atoms with Gasteiger partial charge in [0.25, 0.3) is 10.0 Å². The van der Waals surface area contributed by atoms with Crippen LogP contribution in [0.2, 0.25) is 5.02 Å². The first-order chi connectivity index (χ1) is 14.5. The van der Waals surface area contributed by atoms with Crippen molar-refractivity contribution in [1.82, 2.24) is 4.98 Å². The van der Waals surface area contributed by atoms with Gasteiger partial charge in [0.15, 0.2) is 10.7 Å². The molecule has 1 aromatic heterocycles. The highest BCUT2D eigenvalue weighted by Gasteiger charge is 2.37. The van der Waals surface area contributed by atoms with Crippen molar-refractivity contribution in [2.75, 3.05) is 9.62 Å². The van der Waals surface area contributed by atoms with E-state index >= 15 is 0 Å². The fourth-order valence-corrected chi connectivity index (χ4v) is 4.90. The van der Waals surface area contributed by atoms with E-state index in [1.807, 2.05) is 0 Å². The minimum atomic E-state index is -5.17. The lowest BCUT2D eigenvalue weighted by molar-refractivity contribution is 0.206. The third-order valence-electron chi connectivity index (χ3n) is 4.11. The smallest absolute Gasteiger partial charge is 0.427 e. The molecule has 13 heteroatoms. The largest absolute Gasteiger partial charge is 0.464 e. The molecule has 31 heavy (non-hydrogen) atoms. The maximum Gasteiger partial charge on any atom is 0.427 e. The van der Waals surface area contributed by atoms with Gasteiger partial charge < -0.3 is 10.4 Å². The van der Waals surface area contributed by atoms with Gasteiger partial charge in [-0.1, -0.05) is 11.6 Å². The SMILES string of the molecule is C[C@H](Nc1cc(F)c(S(=O)(=O)N(C(=O)O)c2cscn2)c(F)c1)c1cc(Cl)ccc1F. The zero-order valence-electron chi connectivity index (χ0n) is 15.5. The fourth-order valence-electron chi connectivity index (χ4n) is 2.79. The average molecular weight is 492 g/mol. The molecule has 0 aliphatic rings. The van der Waals surface area contributed by atoms with Gasteiger partial charge in [0.1, 0.15) is 17.5 Å². The van der Waals surface area contributed by atoms with E-state index in [4.69, 9.17) is 11.6 Å². The summed E-state index contributed by atoms with van der Waals surface area (Å²) in [5.41, 5.74) is 1.08. The Morgan fingerprint density at radius 3 is 2.39 bits per heavy atom. The predicted molar refractivity (Wildman–Crippen MR) is 110 cm³/mol. The highest BCUT2D eigenvalue weighted by molar-refractivity contribution is 7.93. The molecule has 2 aromatic carbocycles. The Morgan fingerprint density at radius 1 is 1.19 bits per heavy atom. The molecule has 7 nitrogen and oxygen atoms in total. The van der Waals surface area contributed by atoms with Crippen molar-refractivity contribution in [3.05, 3.63) is 69.3 Å². The molecule has 1 atom stereocenters. The zero-order valence-corrected chi connectivity index (χ0v) is 17.9. The third-order valence-corrected chi connectivity index (χ3v) is 6.64. The molecule has 3 aromatic rings. The molecule has 1 heterocycles. The van der Waals surface area contributed by atoms with Crippen molar-refractivity contribution in [1.29, 1.82) is 0 Å². The topological polar surface area (TPSA) is 99.6 Å². The van der Waals surface area contributed by atoms with Crippen LogP contribution in [-0.4, -0.2) is 24.6 Å². The molecule has 0 spiro atoms. The summed E-state index contributed by atoms with van der Waals surface area (Å²) in [4.78, 5) is 13.6. The number of carbonyl (C=O) groups is 1. The van der Waals surface area contributed by atoms with E-state index in [-0.39, 0.29) is 20.6 Å². The Morgan fingerprint density at radius 2 is 1.84 bits per heavy atom. The lowest BCUT2D eigenvalue weighted by Gasteiger charge is -2.20. The molecule has 0 saturated carbocycles. The van der Waals surface area contributed by atoms with Crippen LogP contribution in [-0.2, 0) is 10.0 Å². The summed E-state index contributed by atoms with van der Waals surface area (Å²) in [6, 6.07) is 4.34. The number of nitrogens with zero attached hydrogens (tertiary/aromatic N) is 2. The van der Waals surface area contributed by atoms with Crippen LogP contribution in [0.3, 0.4) is 0 Å². The van der Waals surface area contributed by atoms with Gasteiger partial charge in [-0.2, -0.15) is 0 Å².